The molecule has 2 aliphatic rings. The summed E-state index contributed by atoms with van der Waals surface area (Å²) in [6.45, 7) is 4.09. The fourth-order valence-corrected chi connectivity index (χ4v) is 3.38. The summed E-state index contributed by atoms with van der Waals surface area (Å²) in [5.74, 6) is 1.70. The molecule has 0 radical (unpaired) electrons. The Morgan fingerprint density at radius 3 is 1.82 bits per heavy atom. The molecule has 0 saturated carbocycles. The number of rotatable bonds is 1. The fraction of sp³-hybridized carbons (Fsp3) is 0.611. The third kappa shape index (κ3) is 5.34. The Balaban J connectivity index is 0.000000246. The molecule has 2 saturated heterocycles. The minimum atomic E-state index is -0.163. The number of amides is 1. The van der Waals surface area contributed by atoms with Gasteiger partial charge in [0.2, 0.25) is 0 Å². The lowest BCUT2D eigenvalue weighted by Gasteiger charge is -2.37. The summed E-state index contributed by atoms with van der Waals surface area (Å²) >= 11 is 0. The van der Waals surface area contributed by atoms with Gasteiger partial charge in [-0.3, -0.25) is 0 Å². The number of piperidine rings is 2. The average Bonchev–Trinajstić information content (AvgIpc) is 2.64. The van der Waals surface area contributed by atoms with Crippen LogP contribution in [0.3, 0.4) is 0 Å². The molecule has 1 N–H and O–H groups in total. The number of likely N-dealkylation sites (tertiary alicyclic amines) is 1. The van der Waals surface area contributed by atoms with Crippen molar-refractivity contribution in [2.75, 3.05) is 33.3 Å². The van der Waals surface area contributed by atoms with E-state index >= 15 is 0 Å². The predicted molar refractivity (Wildman–Crippen MR) is 88.7 cm³/mol. The number of methoxy groups -OCH3 is 1. The van der Waals surface area contributed by atoms with E-state index < -0.39 is 0 Å². The number of benzene rings is 1. The zero-order valence-corrected chi connectivity index (χ0v) is 13.5. The minimum absolute atomic E-state index is 0.163. The normalized spacial score (nSPS) is 20.0. The SMILES string of the molecule is COC(=O)N1CCC(C2CCNCC2)CC1.c1ccccc1. The molecule has 1 aromatic rings. The van der Waals surface area contributed by atoms with Crippen molar-refractivity contribution in [3.63, 3.8) is 0 Å². The molecule has 4 heteroatoms. The van der Waals surface area contributed by atoms with Crippen LogP contribution in [0.2, 0.25) is 0 Å². The van der Waals surface area contributed by atoms with Crippen LogP contribution in [0.5, 0.6) is 0 Å². The lowest BCUT2D eigenvalue weighted by atomic mass is 9.79. The van der Waals surface area contributed by atoms with Gasteiger partial charge in [0.1, 0.15) is 0 Å². The Morgan fingerprint density at radius 2 is 1.36 bits per heavy atom. The first-order valence-electron chi connectivity index (χ1n) is 8.35. The molecule has 0 bridgehead atoms. The lowest BCUT2D eigenvalue weighted by molar-refractivity contribution is 0.0917. The molecule has 0 aromatic heterocycles. The van der Waals surface area contributed by atoms with Crippen molar-refractivity contribution < 1.29 is 9.53 Å². The first-order valence-corrected chi connectivity index (χ1v) is 8.35. The summed E-state index contributed by atoms with van der Waals surface area (Å²) in [6.07, 6.45) is 4.76. The average molecular weight is 304 g/mol. The van der Waals surface area contributed by atoms with Crippen molar-refractivity contribution >= 4 is 6.09 Å². The molecule has 2 aliphatic heterocycles. The van der Waals surface area contributed by atoms with E-state index in [2.05, 4.69) is 5.32 Å². The van der Waals surface area contributed by atoms with Crippen LogP contribution in [-0.2, 0) is 4.74 Å². The summed E-state index contributed by atoms with van der Waals surface area (Å²) in [5, 5.41) is 3.41. The van der Waals surface area contributed by atoms with E-state index in [1.807, 2.05) is 41.3 Å². The van der Waals surface area contributed by atoms with Gasteiger partial charge in [-0.15, -0.1) is 0 Å². The third-order valence-electron chi connectivity index (χ3n) is 4.69. The number of carbonyl (C=O) groups excluding carboxylic acids is 1. The number of ether oxygens (including phenoxy) is 1. The number of hydrogen-bond donors (Lipinski definition) is 1. The maximum Gasteiger partial charge on any atom is 0.409 e. The summed E-state index contributed by atoms with van der Waals surface area (Å²) in [4.78, 5) is 13.2. The van der Waals surface area contributed by atoms with E-state index in [0.29, 0.717) is 0 Å². The van der Waals surface area contributed by atoms with Gasteiger partial charge in [0.05, 0.1) is 7.11 Å². The standard InChI is InChI=1S/C12H22N2O2.C6H6/c1-16-12(15)14-8-4-11(5-9-14)10-2-6-13-7-3-10;1-2-4-6-5-3-1/h10-11,13H,2-9H2,1H3;1-6H. The summed E-state index contributed by atoms with van der Waals surface area (Å²) in [5.41, 5.74) is 0. The van der Waals surface area contributed by atoms with Crippen LogP contribution < -0.4 is 5.32 Å². The Morgan fingerprint density at radius 1 is 0.909 bits per heavy atom. The van der Waals surface area contributed by atoms with E-state index in [4.69, 9.17) is 4.74 Å². The molecule has 1 amide bonds. The molecule has 0 aliphatic carbocycles. The Labute approximate surface area is 133 Å². The highest BCUT2D eigenvalue weighted by Gasteiger charge is 2.29. The lowest BCUT2D eigenvalue weighted by Crippen LogP contribution is -2.41. The second kappa shape index (κ2) is 9.46. The van der Waals surface area contributed by atoms with Crippen molar-refractivity contribution in [3.05, 3.63) is 36.4 Å². The van der Waals surface area contributed by atoms with Gasteiger partial charge in [0.25, 0.3) is 0 Å². The van der Waals surface area contributed by atoms with Crippen LogP contribution in [0, 0.1) is 11.8 Å². The van der Waals surface area contributed by atoms with E-state index in [1.54, 1.807) is 0 Å². The Bertz CT molecular complexity index is 384. The maximum absolute atomic E-state index is 11.3. The van der Waals surface area contributed by atoms with Crippen molar-refractivity contribution in [2.45, 2.75) is 25.7 Å². The van der Waals surface area contributed by atoms with Crippen LogP contribution in [0.4, 0.5) is 4.79 Å². The van der Waals surface area contributed by atoms with Gasteiger partial charge >= 0.3 is 6.09 Å². The zero-order chi connectivity index (χ0) is 15.6. The van der Waals surface area contributed by atoms with Gasteiger partial charge in [-0.2, -0.15) is 0 Å². The smallest absolute Gasteiger partial charge is 0.409 e. The number of carbonyl (C=O) groups is 1. The topological polar surface area (TPSA) is 41.6 Å². The summed E-state index contributed by atoms with van der Waals surface area (Å²) in [6, 6.07) is 12.0. The summed E-state index contributed by atoms with van der Waals surface area (Å²) in [7, 11) is 1.46. The van der Waals surface area contributed by atoms with Gasteiger partial charge in [-0.25, -0.2) is 4.79 Å². The molecule has 3 rings (SSSR count). The van der Waals surface area contributed by atoms with Crippen LogP contribution >= 0.6 is 0 Å². The first-order chi connectivity index (χ1) is 10.8. The fourth-order valence-electron chi connectivity index (χ4n) is 3.38. The molecule has 2 fully saturated rings. The van der Waals surface area contributed by atoms with E-state index in [1.165, 1.54) is 33.0 Å². The van der Waals surface area contributed by atoms with E-state index in [9.17, 15) is 4.79 Å². The van der Waals surface area contributed by atoms with Crippen LogP contribution in [0.1, 0.15) is 25.7 Å². The third-order valence-corrected chi connectivity index (χ3v) is 4.69. The molecule has 4 nitrogen and oxygen atoms in total. The molecular formula is C18H28N2O2. The molecule has 22 heavy (non-hydrogen) atoms. The van der Waals surface area contributed by atoms with Crippen molar-refractivity contribution in [3.8, 4) is 0 Å². The first kappa shape index (κ1) is 16.8. The Kier molecular flexibility index (Phi) is 7.23. The highest BCUT2D eigenvalue weighted by molar-refractivity contribution is 5.67. The monoisotopic (exact) mass is 304 g/mol. The van der Waals surface area contributed by atoms with Crippen LogP contribution in [0.15, 0.2) is 36.4 Å². The Hall–Kier alpha value is -1.55. The van der Waals surface area contributed by atoms with Gasteiger partial charge in [0.15, 0.2) is 0 Å². The maximum atomic E-state index is 11.3. The molecule has 2 heterocycles. The molecular weight excluding hydrogens is 276 g/mol. The summed E-state index contributed by atoms with van der Waals surface area (Å²) < 4.78 is 4.75. The van der Waals surface area contributed by atoms with Crippen molar-refractivity contribution in [2.24, 2.45) is 11.8 Å². The predicted octanol–water partition coefficient (Wildman–Crippen LogP) is 3.15. The molecule has 1 aromatic carbocycles. The number of nitrogens with zero attached hydrogens (tertiary/aromatic N) is 1. The molecule has 0 unspecified atom stereocenters. The largest absolute Gasteiger partial charge is 0.453 e. The zero-order valence-electron chi connectivity index (χ0n) is 13.5. The van der Waals surface area contributed by atoms with Gasteiger partial charge in [-0.1, -0.05) is 36.4 Å². The van der Waals surface area contributed by atoms with Gasteiger partial charge in [0, 0.05) is 13.1 Å². The van der Waals surface area contributed by atoms with Crippen molar-refractivity contribution in [1.82, 2.24) is 10.2 Å². The highest BCUT2D eigenvalue weighted by atomic mass is 16.5. The van der Waals surface area contributed by atoms with Crippen LogP contribution in [0.25, 0.3) is 0 Å². The molecule has 0 spiro atoms. The highest BCUT2D eigenvalue weighted by Crippen LogP contribution is 2.30. The van der Waals surface area contributed by atoms with E-state index in [0.717, 1.165) is 37.8 Å². The van der Waals surface area contributed by atoms with Gasteiger partial charge < -0.3 is 15.0 Å². The van der Waals surface area contributed by atoms with E-state index in [-0.39, 0.29) is 6.09 Å². The quantitative estimate of drug-likeness (QED) is 0.866. The second-order valence-corrected chi connectivity index (χ2v) is 6.04. The van der Waals surface area contributed by atoms with Crippen LogP contribution in [-0.4, -0.2) is 44.3 Å². The van der Waals surface area contributed by atoms with Gasteiger partial charge in [-0.05, 0) is 50.6 Å². The molecule has 122 valence electrons. The second-order valence-electron chi connectivity index (χ2n) is 6.04. The number of hydrogen-bond acceptors (Lipinski definition) is 3. The minimum Gasteiger partial charge on any atom is -0.453 e. The van der Waals surface area contributed by atoms with Crippen molar-refractivity contribution in [1.29, 1.82) is 0 Å². The molecule has 0 atom stereocenters. The number of nitrogens with one attached hydrogen (secondary N) is 1.